The lowest BCUT2D eigenvalue weighted by Gasteiger charge is -2.20. The number of rotatable bonds is 5. The molecule has 116 valence electrons. The van der Waals surface area contributed by atoms with Gasteiger partial charge in [-0.1, -0.05) is 25.5 Å². The Kier molecular flexibility index (Phi) is 5.94. The topological polar surface area (TPSA) is 67.2 Å². The van der Waals surface area contributed by atoms with E-state index in [4.69, 9.17) is 5.73 Å². The SMILES string of the molecule is CCSC1CCCC1NC(=O)Nc1ccc(C(C)N)cc1. The fourth-order valence-electron chi connectivity index (χ4n) is 2.71. The number of urea groups is 1. The van der Waals surface area contributed by atoms with Gasteiger partial charge in [-0.3, -0.25) is 0 Å². The average Bonchev–Trinajstić information content (AvgIpc) is 2.87. The molecule has 1 aromatic carbocycles. The van der Waals surface area contributed by atoms with Gasteiger partial charge in [-0.05, 0) is 43.2 Å². The fourth-order valence-corrected chi connectivity index (χ4v) is 3.91. The molecular formula is C16H25N3OS. The van der Waals surface area contributed by atoms with Crippen LogP contribution in [0.1, 0.15) is 44.7 Å². The molecule has 21 heavy (non-hydrogen) atoms. The quantitative estimate of drug-likeness (QED) is 0.780. The molecule has 1 aromatic rings. The lowest BCUT2D eigenvalue weighted by Crippen LogP contribution is -2.41. The third-order valence-corrected chi connectivity index (χ3v) is 5.17. The number of hydrogen-bond donors (Lipinski definition) is 3. The number of carbonyl (C=O) groups excluding carboxylic acids is 1. The van der Waals surface area contributed by atoms with E-state index in [0.29, 0.717) is 11.3 Å². The minimum Gasteiger partial charge on any atom is -0.334 e. The highest BCUT2D eigenvalue weighted by Crippen LogP contribution is 2.29. The zero-order chi connectivity index (χ0) is 15.2. The number of anilines is 1. The van der Waals surface area contributed by atoms with Crippen LogP contribution in [0, 0.1) is 0 Å². The van der Waals surface area contributed by atoms with Crippen LogP contribution in [0.25, 0.3) is 0 Å². The van der Waals surface area contributed by atoms with Crippen LogP contribution in [0.5, 0.6) is 0 Å². The van der Waals surface area contributed by atoms with Crippen molar-refractivity contribution in [3.63, 3.8) is 0 Å². The Morgan fingerprint density at radius 1 is 1.38 bits per heavy atom. The van der Waals surface area contributed by atoms with Crippen molar-refractivity contribution in [2.75, 3.05) is 11.1 Å². The van der Waals surface area contributed by atoms with Gasteiger partial charge in [0, 0.05) is 23.0 Å². The summed E-state index contributed by atoms with van der Waals surface area (Å²) < 4.78 is 0. The van der Waals surface area contributed by atoms with E-state index in [-0.39, 0.29) is 12.1 Å². The van der Waals surface area contributed by atoms with Gasteiger partial charge in [-0.2, -0.15) is 11.8 Å². The van der Waals surface area contributed by atoms with Gasteiger partial charge in [-0.25, -0.2) is 4.79 Å². The van der Waals surface area contributed by atoms with Gasteiger partial charge in [0.1, 0.15) is 0 Å². The zero-order valence-electron chi connectivity index (χ0n) is 12.8. The molecule has 0 spiro atoms. The molecule has 0 radical (unpaired) electrons. The van der Waals surface area contributed by atoms with Crippen molar-refractivity contribution in [1.29, 1.82) is 0 Å². The first-order chi connectivity index (χ1) is 10.1. The number of nitrogens with two attached hydrogens (primary N) is 1. The summed E-state index contributed by atoms with van der Waals surface area (Å²) in [6.07, 6.45) is 3.48. The van der Waals surface area contributed by atoms with Gasteiger partial charge in [0.25, 0.3) is 0 Å². The van der Waals surface area contributed by atoms with Crippen LogP contribution in [0.3, 0.4) is 0 Å². The second kappa shape index (κ2) is 7.71. The molecule has 3 unspecified atom stereocenters. The summed E-state index contributed by atoms with van der Waals surface area (Å²) in [5, 5.41) is 6.56. The van der Waals surface area contributed by atoms with Crippen LogP contribution in [0.4, 0.5) is 10.5 Å². The molecule has 1 aliphatic carbocycles. The number of hydrogen-bond acceptors (Lipinski definition) is 3. The maximum Gasteiger partial charge on any atom is 0.319 e. The molecule has 2 amide bonds. The fraction of sp³-hybridized carbons (Fsp3) is 0.562. The van der Waals surface area contributed by atoms with Gasteiger partial charge >= 0.3 is 6.03 Å². The van der Waals surface area contributed by atoms with E-state index in [9.17, 15) is 4.79 Å². The number of benzene rings is 1. The highest BCUT2D eigenvalue weighted by atomic mass is 32.2. The number of thioether (sulfide) groups is 1. The van der Waals surface area contributed by atoms with Crippen LogP contribution in [-0.2, 0) is 0 Å². The second-order valence-corrected chi connectivity index (χ2v) is 7.06. The summed E-state index contributed by atoms with van der Waals surface area (Å²) in [6.45, 7) is 4.11. The monoisotopic (exact) mass is 307 g/mol. The summed E-state index contributed by atoms with van der Waals surface area (Å²) in [6, 6.07) is 7.88. The molecule has 0 saturated heterocycles. The average molecular weight is 307 g/mol. The minimum absolute atomic E-state index is 0.0122. The predicted molar refractivity (Wildman–Crippen MR) is 90.8 cm³/mol. The molecule has 4 N–H and O–H groups in total. The Balaban J connectivity index is 1.86. The summed E-state index contributed by atoms with van der Waals surface area (Å²) >= 11 is 1.94. The maximum absolute atomic E-state index is 12.1. The summed E-state index contributed by atoms with van der Waals surface area (Å²) in [5.41, 5.74) is 7.68. The standard InChI is InChI=1S/C16H25N3OS/c1-3-21-15-6-4-5-14(15)19-16(20)18-13-9-7-12(8-10-13)11(2)17/h7-11,14-15H,3-6,17H2,1-2H3,(H2,18,19,20). The molecule has 3 atom stereocenters. The second-order valence-electron chi connectivity index (χ2n) is 5.54. The van der Waals surface area contributed by atoms with Crippen molar-refractivity contribution in [3.8, 4) is 0 Å². The highest BCUT2D eigenvalue weighted by Gasteiger charge is 2.28. The Bertz CT molecular complexity index is 461. The molecular weight excluding hydrogens is 282 g/mol. The van der Waals surface area contributed by atoms with E-state index in [2.05, 4.69) is 17.6 Å². The van der Waals surface area contributed by atoms with E-state index in [1.807, 2.05) is 43.0 Å². The molecule has 4 nitrogen and oxygen atoms in total. The highest BCUT2D eigenvalue weighted by molar-refractivity contribution is 7.99. The largest absolute Gasteiger partial charge is 0.334 e. The number of amides is 2. The van der Waals surface area contributed by atoms with Crippen LogP contribution in [-0.4, -0.2) is 23.1 Å². The Morgan fingerprint density at radius 3 is 2.71 bits per heavy atom. The molecule has 0 heterocycles. The third-order valence-electron chi connectivity index (χ3n) is 3.84. The van der Waals surface area contributed by atoms with Gasteiger partial charge in [0.15, 0.2) is 0 Å². The van der Waals surface area contributed by atoms with Crippen LogP contribution < -0.4 is 16.4 Å². The third kappa shape index (κ3) is 4.64. The van der Waals surface area contributed by atoms with E-state index < -0.39 is 0 Å². The zero-order valence-corrected chi connectivity index (χ0v) is 13.6. The van der Waals surface area contributed by atoms with Crippen LogP contribution in [0.15, 0.2) is 24.3 Å². The van der Waals surface area contributed by atoms with Crippen molar-refractivity contribution in [3.05, 3.63) is 29.8 Å². The van der Waals surface area contributed by atoms with Crippen molar-refractivity contribution in [1.82, 2.24) is 5.32 Å². The summed E-state index contributed by atoms with van der Waals surface area (Å²) in [7, 11) is 0. The molecule has 0 aliphatic heterocycles. The van der Waals surface area contributed by atoms with Crippen molar-refractivity contribution in [2.45, 2.75) is 50.4 Å². The molecule has 1 fully saturated rings. The summed E-state index contributed by atoms with van der Waals surface area (Å²) in [5.74, 6) is 1.10. The Morgan fingerprint density at radius 2 is 2.10 bits per heavy atom. The van der Waals surface area contributed by atoms with Crippen LogP contribution in [0.2, 0.25) is 0 Å². The molecule has 5 heteroatoms. The smallest absolute Gasteiger partial charge is 0.319 e. The number of nitrogens with one attached hydrogen (secondary N) is 2. The normalized spacial score (nSPS) is 22.8. The molecule has 1 aliphatic rings. The number of carbonyl (C=O) groups is 1. The Hall–Kier alpha value is -1.20. The van der Waals surface area contributed by atoms with Gasteiger partial charge < -0.3 is 16.4 Å². The predicted octanol–water partition coefficient (Wildman–Crippen LogP) is 3.50. The lowest BCUT2D eigenvalue weighted by atomic mass is 10.1. The first kappa shape index (κ1) is 16.2. The first-order valence-corrected chi connectivity index (χ1v) is 8.69. The molecule has 2 rings (SSSR count). The van der Waals surface area contributed by atoms with Crippen molar-refractivity contribution >= 4 is 23.5 Å². The Labute approximate surface area is 131 Å². The van der Waals surface area contributed by atoms with E-state index in [1.165, 1.54) is 12.8 Å². The van der Waals surface area contributed by atoms with E-state index in [1.54, 1.807) is 0 Å². The van der Waals surface area contributed by atoms with Gasteiger partial charge in [0.2, 0.25) is 0 Å². The van der Waals surface area contributed by atoms with E-state index >= 15 is 0 Å². The van der Waals surface area contributed by atoms with Crippen LogP contribution >= 0.6 is 11.8 Å². The minimum atomic E-state index is -0.114. The molecule has 0 aromatic heterocycles. The molecule has 1 saturated carbocycles. The molecule has 0 bridgehead atoms. The lowest BCUT2D eigenvalue weighted by molar-refractivity contribution is 0.249. The van der Waals surface area contributed by atoms with Gasteiger partial charge in [-0.15, -0.1) is 0 Å². The van der Waals surface area contributed by atoms with E-state index in [0.717, 1.165) is 23.4 Å². The maximum atomic E-state index is 12.1. The van der Waals surface area contributed by atoms with Gasteiger partial charge in [0.05, 0.1) is 0 Å². The first-order valence-electron chi connectivity index (χ1n) is 7.64. The van der Waals surface area contributed by atoms with Crippen molar-refractivity contribution < 1.29 is 4.79 Å². The summed E-state index contributed by atoms with van der Waals surface area (Å²) in [4.78, 5) is 12.1. The van der Waals surface area contributed by atoms with Crippen molar-refractivity contribution in [2.24, 2.45) is 5.73 Å².